The van der Waals surface area contributed by atoms with Gasteiger partial charge in [-0.2, -0.15) is 0 Å². The molecule has 1 rings (SSSR count). The minimum Gasteiger partial charge on any atom is -0.493 e. The third-order valence-corrected chi connectivity index (χ3v) is 3.04. The molecule has 0 aliphatic heterocycles. The Morgan fingerprint density at radius 1 is 1.26 bits per heavy atom. The number of rotatable bonds is 9. The third-order valence-electron chi connectivity index (χ3n) is 3.04. The summed E-state index contributed by atoms with van der Waals surface area (Å²) in [7, 11) is 0. The summed E-state index contributed by atoms with van der Waals surface area (Å²) in [6, 6.07) is 7.34. The Bertz CT molecular complexity index is 393. The SMILES string of the molecule is CCCC(N)CCCCOc1ccccc1C(N)=O. The number of amides is 1. The molecular formula is C15H24N2O2. The van der Waals surface area contributed by atoms with Crippen LogP contribution in [0.3, 0.4) is 0 Å². The van der Waals surface area contributed by atoms with Crippen LogP contribution >= 0.6 is 0 Å². The molecule has 4 N–H and O–H groups in total. The normalized spacial score (nSPS) is 12.1. The smallest absolute Gasteiger partial charge is 0.252 e. The Kier molecular flexibility index (Phi) is 6.97. The zero-order valence-corrected chi connectivity index (χ0v) is 11.6. The summed E-state index contributed by atoms with van der Waals surface area (Å²) in [5.74, 6) is 0.105. The van der Waals surface area contributed by atoms with E-state index in [0.717, 1.165) is 32.1 Å². The fourth-order valence-corrected chi connectivity index (χ4v) is 2.00. The molecule has 0 saturated heterocycles. The first-order chi connectivity index (χ1) is 9.15. The van der Waals surface area contributed by atoms with Crippen LogP contribution in [0.2, 0.25) is 0 Å². The summed E-state index contributed by atoms with van der Waals surface area (Å²) in [5, 5.41) is 0. The average molecular weight is 264 g/mol. The predicted molar refractivity (Wildman–Crippen MR) is 77.2 cm³/mol. The second-order valence-corrected chi connectivity index (χ2v) is 4.75. The molecule has 0 aliphatic carbocycles. The highest BCUT2D eigenvalue weighted by Gasteiger charge is 2.07. The highest BCUT2D eigenvalue weighted by Crippen LogP contribution is 2.17. The van der Waals surface area contributed by atoms with Gasteiger partial charge >= 0.3 is 0 Å². The summed E-state index contributed by atoms with van der Waals surface area (Å²) >= 11 is 0. The monoisotopic (exact) mass is 264 g/mol. The van der Waals surface area contributed by atoms with Crippen LogP contribution in [0.1, 0.15) is 49.4 Å². The van der Waals surface area contributed by atoms with Crippen molar-refractivity contribution in [1.29, 1.82) is 0 Å². The van der Waals surface area contributed by atoms with Crippen LogP contribution in [0.5, 0.6) is 5.75 Å². The molecule has 1 aromatic carbocycles. The number of nitrogens with two attached hydrogens (primary N) is 2. The summed E-state index contributed by atoms with van der Waals surface area (Å²) in [6.45, 7) is 2.73. The number of hydrogen-bond acceptors (Lipinski definition) is 3. The molecule has 0 heterocycles. The van der Waals surface area contributed by atoms with Gasteiger partial charge in [-0.15, -0.1) is 0 Å². The maximum absolute atomic E-state index is 11.2. The molecule has 0 radical (unpaired) electrons. The van der Waals surface area contributed by atoms with E-state index in [-0.39, 0.29) is 0 Å². The van der Waals surface area contributed by atoms with E-state index in [0.29, 0.717) is 24.0 Å². The van der Waals surface area contributed by atoms with Crippen LogP contribution in [0.4, 0.5) is 0 Å². The highest BCUT2D eigenvalue weighted by atomic mass is 16.5. The maximum atomic E-state index is 11.2. The Morgan fingerprint density at radius 2 is 2.00 bits per heavy atom. The molecule has 1 amide bonds. The summed E-state index contributed by atoms with van der Waals surface area (Å²) < 4.78 is 5.60. The molecule has 4 heteroatoms. The van der Waals surface area contributed by atoms with E-state index in [1.165, 1.54) is 0 Å². The zero-order chi connectivity index (χ0) is 14.1. The molecule has 0 aliphatic rings. The van der Waals surface area contributed by atoms with Crippen LogP contribution in [-0.2, 0) is 0 Å². The third kappa shape index (κ3) is 5.75. The first-order valence-corrected chi connectivity index (χ1v) is 6.92. The molecule has 1 aromatic rings. The van der Waals surface area contributed by atoms with E-state index in [9.17, 15) is 4.79 Å². The lowest BCUT2D eigenvalue weighted by atomic mass is 10.1. The van der Waals surface area contributed by atoms with Gasteiger partial charge in [0.05, 0.1) is 12.2 Å². The molecule has 0 saturated carbocycles. The van der Waals surface area contributed by atoms with Crippen molar-refractivity contribution in [2.75, 3.05) is 6.61 Å². The van der Waals surface area contributed by atoms with Crippen molar-refractivity contribution in [3.8, 4) is 5.75 Å². The Labute approximate surface area is 115 Å². The van der Waals surface area contributed by atoms with Gasteiger partial charge in [0.2, 0.25) is 0 Å². The van der Waals surface area contributed by atoms with Gasteiger partial charge in [-0.3, -0.25) is 4.79 Å². The van der Waals surface area contributed by atoms with Crippen LogP contribution in [-0.4, -0.2) is 18.6 Å². The van der Waals surface area contributed by atoms with Crippen molar-refractivity contribution in [1.82, 2.24) is 0 Å². The second kappa shape index (κ2) is 8.53. The van der Waals surface area contributed by atoms with Gasteiger partial charge in [0.1, 0.15) is 5.75 Å². The molecule has 0 aromatic heterocycles. The lowest BCUT2D eigenvalue weighted by molar-refractivity contribution is 0.0996. The lowest BCUT2D eigenvalue weighted by Gasteiger charge is -2.11. The van der Waals surface area contributed by atoms with E-state index in [2.05, 4.69) is 6.92 Å². The fourth-order valence-electron chi connectivity index (χ4n) is 2.00. The number of carbonyl (C=O) groups is 1. The Balaban J connectivity index is 2.28. The van der Waals surface area contributed by atoms with E-state index >= 15 is 0 Å². The van der Waals surface area contributed by atoms with Crippen molar-refractivity contribution in [3.05, 3.63) is 29.8 Å². The molecule has 4 nitrogen and oxygen atoms in total. The first kappa shape index (κ1) is 15.5. The Morgan fingerprint density at radius 3 is 2.68 bits per heavy atom. The molecule has 0 fully saturated rings. The number of hydrogen-bond donors (Lipinski definition) is 2. The number of para-hydroxylation sites is 1. The molecule has 0 bridgehead atoms. The van der Waals surface area contributed by atoms with Crippen molar-refractivity contribution in [2.45, 2.75) is 45.1 Å². The van der Waals surface area contributed by atoms with Crippen molar-refractivity contribution in [2.24, 2.45) is 11.5 Å². The Hall–Kier alpha value is -1.55. The molecule has 1 atom stereocenters. The second-order valence-electron chi connectivity index (χ2n) is 4.75. The minimum atomic E-state index is -0.458. The molecule has 19 heavy (non-hydrogen) atoms. The zero-order valence-electron chi connectivity index (χ0n) is 11.6. The minimum absolute atomic E-state index is 0.294. The maximum Gasteiger partial charge on any atom is 0.252 e. The van der Waals surface area contributed by atoms with Crippen molar-refractivity contribution < 1.29 is 9.53 Å². The van der Waals surface area contributed by atoms with Gasteiger partial charge in [-0.1, -0.05) is 25.5 Å². The standard InChI is InChI=1S/C15H24N2O2/c1-2-7-12(16)8-5-6-11-19-14-10-4-3-9-13(14)15(17)18/h3-4,9-10,12H,2,5-8,11,16H2,1H3,(H2,17,18). The van der Waals surface area contributed by atoms with Crippen LogP contribution in [0.25, 0.3) is 0 Å². The fraction of sp³-hybridized carbons (Fsp3) is 0.533. The average Bonchev–Trinajstić information content (AvgIpc) is 2.39. The molecule has 106 valence electrons. The predicted octanol–water partition coefficient (Wildman–Crippen LogP) is 2.46. The van der Waals surface area contributed by atoms with Crippen LogP contribution < -0.4 is 16.2 Å². The summed E-state index contributed by atoms with van der Waals surface area (Å²) in [5.41, 5.74) is 11.7. The number of unbranched alkanes of at least 4 members (excludes halogenated alkanes) is 1. The number of benzene rings is 1. The van der Waals surface area contributed by atoms with Gasteiger partial charge in [0.15, 0.2) is 0 Å². The van der Waals surface area contributed by atoms with E-state index in [4.69, 9.17) is 16.2 Å². The van der Waals surface area contributed by atoms with Crippen LogP contribution in [0.15, 0.2) is 24.3 Å². The molecule has 1 unspecified atom stereocenters. The number of ether oxygens (including phenoxy) is 1. The van der Waals surface area contributed by atoms with Crippen molar-refractivity contribution >= 4 is 5.91 Å². The quantitative estimate of drug-likeness (QED) is 0.672. The summed E-state index contributed by atoms with van der Waals surface area (Å²) in [6.07, 6.45) is 5.20. The van der Waals surface area contributed by atoms with Gasteiger partial charge in [0, 0.05) is 6.04 Å². The van der Waals surface area contributed by atoms with E-state index < -0.39 is 5.91 Å². The van der Waals surface area contributed by atoms with Gasteiger partial charge in [-0.05, 0) is 37.8 Å². The molecule has 0 spiro atoms. The largest absolute Gasteiger partial charge is 0.493 e. The van der Waals surface area contributed by atoms with Gasteiger partial charge in [0.25, 0.3) is 5.91 Å². The van der Waals surface area contributed by atoms with Gasteiger partial charge < -0.3 is 16.2 Å². The number of primary amides is 1. The highest BCUT2D eigenvalue weighted by molar-refractivity contribution is 5.95. The van der Waals surface area contributed by atoms with Crippen molar-refractivity contribution in [3.63, 3.8) is 0 Å². The number of carbonyl (C=O) groups excluding carboxylic acids is 1. The summed E-state index contributed by atoms with van der Waals surface area (Å²) in [4.78, 5) is 11.2. The van der Waals surface area contributed by atoms with E-state index in [1.54, 1.807) is 18.2 Å². The van der Waals surface area contributed by atoms with Gasteiger partial charge in [-0.25, -0.2) is 0 Å². The molecular weight excluding hydrogens is 240 g/mol. The van der Waals surface area contributed by atoms with E-state index in [1.807, 2.05) is 6.07 Å². The topological polar surface area (TPSA) is 78.3 Å². The van der Waals surface area contributed by atoms with Crippen LogP contribution in [0, 0.1) is 0 Å². The first-order valence-electron chi connectivity index (χ1n) is 6.92. The lowest BCUT2D eigenvalue weighted by Crippen LogP contribution is -2.19.